The third-order valence-corrected chi connectivity index (χ3v) is 3.16. The molecule has 4 heteroatoms. The van der Waals surface area contributed by atoms with E-state index in [1.54, 1.807) is 0 Å². The van der Waals surface area contributed by atoms with E-state index in [0.29, 0.717) is 6.54 Å². The predicted octanol–water partition coefficient (Wildman–Crippen LogP) is 2.60. The number of amides is 3. The highest BCUT2D eigenvalue weighted by atomic mass is 16.2. The van der Waals surface area contributed by atoms with Gasteiger partial charge in [-0.1, -0.05) is 60.7 Å². The Kier molecular flexibility index (Phi) is 5.10. The van der Waals surface area contributed by atoms with Crippen LogP contribution in [0.1, 0.15) is 11.1 Å². The van der Waals surface area contributed by atoms with Gasteiger partial charge in [0.1, 0.15) is 0 Å². The van der Waals surface area contributed by atoms with E-state index in [-0.39, 0.29) is 18.4 Å². The molecule has 0 bridgehead atoms. The van der Waals surface area contributed by atoms with Crippen LogP contribution in [0.2, 0.25) is 0 Å². The van der Waals surface area contributed by atoms with E-state index in [1.807, 2.05) is 60.7 Å². The third-order valence-electron chi connectivity index (χ3n) is 3.16. The van der Waals surface area contributed by atoms with E-state index in [2.05, 4.69) is 5.32 Å². The number of likely N-dealkylation sites (N-methyl/N-ethyl adjacent to an activating group) is 1. The van der Waals surface area contributed by atoms with Crippen LogP contribution < -0.4 is 5.32 Å². The molecule has 0 spiro atoms. The van der Waals surface area contributed by atoms with Crippen molar-refractivity contribution >= 4 is 11.9 Å². The Morgan fingerprint density at radius 2 is 1.43 bits per heavy atom. The summed E-state index contributed by atoms with van der Waals surface area (Å²) >= 11 is 0. The van der Waals surface area contributed by atoms with Gasteiger partial charge in [-0.15, -0.1) is 0 Å². The summed E-state index contributed by atoms with van der Waals surface area (Å²) in [5.41, 5.74) is 1.89. The summed E-state index contributed by atoms with van der Waals surface area (Å²) in [6, 6.07) is 18.6. The van der Waals surface area contributed by atoms with Gasteiger partial charge in [-0.25, -0.2) is 4.79 Å². The summed E-state index contributed by atoms with van der Waals surface area (Å²) in [5.74, 6) is -0.230. The summed E-state index contributed by atoms with van der Waals surface area (Å²) in [5, 5.41) is 2.73. The van der Waals surface area contributed by atoms with E-state index < -0.39 is 0 Å². The van der Waals surface area contributed by atoms with Crippen molar-refractivity contribution in [3.05, 3.63) is 71.8 Å². The highest BCUT2D eigenvalue weighted by molar-refractivity contribution is 5.95. The van der Waals surface area contributed by atoms with Crippen LogP contribution in [0.3, 0.4) is 0 Å². The molecule has 0 aliphatic carbocycles. The van der Waals surface area contributed by atoms with Crippen molar-refractivity contribution in [2.75, 3.05) is 7.05 Å². The molecule has 0 radical (unpaired) electrons. The Morgan fingerprint density at radius 3 is 2.00 bits per heavy atom. The van der Waals surface area contributed by atoms with E-state index in [4.69, 9.17) is 0 Å². The normalized spacial score (nSPS) is 9.95. The molecule has 0 aromatic heterocycles. The molecule has 0 saturated carbocycles. The Balaban J connectivity index is 1.85. The largest absolute Gasteiger partial charge is 0.334 e. The molecule has 0 saturated heterocycles. The maximum atomic E-state index is 12.0. The summed E-state index contributed by atoms with van der Waals surface area (Å²) in [7, 11) is 1.49. The number of nitrogens with zero attached hydrogens (tertiary/aromatic N) is 1. The first-order chi connectivity index (χ1) is 10.2. The average molecular weight is 282 g/mol. The number of hydrogen-bond acceptors (Lipinski definition) is 2. The standard InChI is InChI=1S/C17H18N2O2/c1-19(16(20)12-14-8-4-2-5-9-14)17(21)18-13-15-10-6-3-7-11-15/h2-11H,12-13H2,1H3,(H,18,21). The van der Waals surface area contributed by atoms with Gasteiger partial charge in [-0.3, -0.25) is 9.69 Å². The van der Waals surface area contributed by atoms with Crippen molar-refractivity contribution in [2.45, 2.75) is 13.0 Å². The number of urea groups is 1. The van der Waals surface area contributed by atoms with E-state index >= 15 is 0 Å². The highest BCUT2D eigenvalue weighted by Crippen LogP contribution is 2.03. The molecule has 4 nitrogen and oxygen atoms in total. The van der Waals surface area contributed by atoms with Crippen molar-refractivity contribution in [1.82, 2.24) is 10.2 Å². The number of benzene rings is 2. The second kappa shape index (κ2) is 7.24. The lowest BCUT2D eigenvalue weighted by Crippen LogP contribution is -2.41. The van der Waals surface area contributed by atoms with Gasteiger partial charge in [0.25, 0.3) is 0 Å². The van der Waals surface area contributed by atoms with Gasteiger partial charge in [-0.2, -0.15) is 0 Å². The molecule has 2 aromatic rings. The molecule has 0 unspecified atom stereocenters. The molecule has 0 aliphatic rings. The maximum absolute atomic E-state index is 12.0. The van der Waals surface area contributed by atoms with Crippen LogP contribution in [0.25, 0.3) is 0 Å². The Morgan fingerprint density at radius 1 is 0.905 bits per heavy atom. The topological polar surface area (TPSA) is 49.4 Å². The zero-order valence-electron chi connectivity index (χ0n) is 12.0. The van der Waals surface area contributed by atoms with Crippen LogP contribution in [0.5, 0.6) is 0 Å². The van der Waals surface area contributed by atoms with Gasteiger partial charge in [0, 0.05) is 13.6 Å². The van der Waals surface area contributed by atoms with Crippen LogP contribution >= 0.6 is 0 Å². The second-order valence-corrected chi connectivity index (χ2v) is 4.76. The van der Waals surface area contributed by atoms with Crippen LogP contribution in [0.15, 0.2) is 60.7 Å². The molecule has 1 N–H and O–H groups in total. The number of hydrogen-bond donors (Lipinski definition) is 1. The fraction of sp³-hybridized carbons (Fsp3) is 0.176. The number of carbonyl (C=O) groups excluding carboxylic acids is 2. The highest BCUT2D eigenvalue weighted by Gasteiger charge is 2.16. The number of nitrogens with one attached hydrogen (secondary N) is 1. The van der Waals surface area contributed by atoms with Crippen molar-refractivity contribution < 1.29 is 9.59 Å². The van der Waals surface area contributed by atoms with Gasteiger partial charge in [-0.05, 0) is 11.1 Å². The Hall–Kier alpha value is -2.62. The minimum Gasteiger partial charge on any atom is -0.334 e. The van der Waals surface area contributed by atoms with Gasteiger partial charge in [0.2, 0.25) is 5.91 Å². The quantitative estimate of drug-likeness (QED) is 0.937. The van der Waals surface area contributed by atoms with Gasteiger partial charge in [0.15, 0.2) is 0 Å². The first kappa shape index (κ1) is 14.8. The Bertz CT molecular complexity index is 597. The molecule has 0 heterocycles. The molecule has 2 aromatic carbocycles. The smallest absolute Gasteiger partial charge is 0.324 e. The molecule has 21 heavy (non-hydrogen) atoms. The zero-order chi connectivity index (χ0) is 15.1. The lowest BCUT2D eigenvalue weighted by molar-refractivity contribution is -0.126. The molecule has 0 aliphatic heterocycles. The zero-order valence-corrected chi connectivity index (χ0v) is 12.0. The molecular weight excluding hydrogens is 264 g/mol. The molecule has 0 fully saturated rings. The van der Waals surface area contributed by atoms with Gasteiger partial charge < -0.3 is 5.32 Å². The van der Waals surface area contributed by atoms with Crippen molar-refractivity contribution in [1.29, 1.82) is 0 Å². The van der Waals surface area contributed by atoms with Crippen molar-refractivity contribution in [3.63, 3.8) is 0 Å². The average Bonchev–Trinajstić information content (AvgIpc) is 2.53. The summed E-state index contributed by atoms with van der Waals surface area (Å²) in [4.78, 5) is 25.1. The lowest BCUT2D eigenvalue weighted by atomic mass is 10.1. The first-order valence-electron chi connectivity index (χ1n) is 6.79. The minimum absolute atomic E-state index is 0.218. The van der Waals surface area contributed by atoms with E-state index in [1.165, 1.54) is 7.05 Å². The van der Waals surface area contributed by atoms with Crippen LogP contribution in [-0.2, 0) is 17.8 Å². The van der Waals surface area contributed by atoms with Crippen LogP contribution in [-0.4, -0.2) is 23.9 Å². The summed E-state index contributed by atoms with van der Waals surface area (Å²) < 4.78 is 0. The second-order valence-electron chi connectivity index (χ2n) is 4.76. The SMILES string of the molecule is CN(C(=O)Cc1ccccc1)C(=O)NCc1ccccc1. The maximum Gasteiger partial charge on any atom is 0.324 e. The first-order valence-corrected chi connectivity index (χ1v) is 6.79. The fourth-order valence-electron chi connectivity index (χ4n) is 1.89. The number of rotatable bonds is 4. The monoisotopic (exact) mass is 282 g/mol. The summed E-state index contributed by atoms with van der Waals surface area (Å²) in [6.07, 6.45) is 0.218. The molecule has 0 atom stereocenters. The van der Waals surface area contributed by atoms with Crippen LogP contribution in [0.4, 0.5) is 4.79 Å². The van der Waals surface area contributed by atoms with E-state index in [9.17, 15) is 9.59 Å². The summed E-state index contributed by atoms with van der Waals surface area (Å²) in [6.45, 7) is 0.405. The van der Waals surface area contributed by atoms with Gasteiger partial charge >= 0.3 is 6.03 Å². The third kappa shape index (κ3) is 4.45. The molecule has 108 valence electrons. The molecule has 2 rings (SSSR count). The van der Waals surface area contributed by atoms with E-state index in [0.717, 1.165) is 16.0 Å². The Labute approximate surface area is 124 Å². The fourth-order valence-corrected chi connectivity index (χ4v) is 1.89. The van der Waals surface area contributed by atoms with Crippen molar-refractivity contribution in [3.8, 4) is 0 Å². The number of carbonyl (C=O) groups is 2. The minimum atomic E-state index is -0.389. The molecule has 3 amide bonds. The van der Waals surface area contributed by atoms with Gasteiger partial charge in [0.05, 0.1) is 6.42 Å². The van der Waals surface area contributed by atoms with Crippen LogP contribution in [0, 0.1) is 0 Å². The predicted molar refractivity (Wildman–Crippen MR) is 81.6 cm³/mol. The van der Waals surface area contributed by atoms with Crippen molar-refractivity contribution in [2.24, 2.45) is 0 Å². The lowest BCUT2D eigenvalue weighted by Gasteiger charge is -2.16. The molecular formula is C17H18N2O2. The number of imide groups is 1.